The first-order valence-electron chi connectivity index (χ1n) is 20.9. The smallest absolute Gasteiger partial charge is 0.350 e. The third kappa shape index (κ3) is 10.7. The van der Waals surface area contributed by atoms with E-state index in [-0.39, 0.29) is 34.9 Å². The molecule has 59 heavy (non-hydrogen) atoms. The minimum atomic E-state index is -2.23. The van der Waals surface area contributed by atoms with E-state index in [4.69, 9.17) is 28.1 Å². The number of unbranched alkanes of at least 4 members (excludes halogenated alkanes) is 1. The maximum Gasteiger partial charge on any atom is 0.350 e. The van der Waals surface area contributed by atoms with E-state index in [1.165, 1.54) is 7.11 Å². The van der Waals surface area contributed by atoms with Crippen molar-refractivity contribution in [2.24, 2.45) is 4.99 Å². The Kier molecular flexibility index (Phi) is 14.6. The van der Waals surface area contributed by atoms with Crippen molar-refractivity contribution in [1.29, 1.82) is 0 Å². The molecule has 5 rings (SSSR count). The minimum Gasteiger partial charge on any atom is -0.497 e. The average molecular weight is 845 g/mol. The number of rotatable bonds is 16. The lowest BCUT2D eigenvalue weighted by molar-refractivity contribution is -0.140. The van der Waals surface area contributed by atoms with Crippen molar-refractivity contribution >= 4 is 34.6 Å². The van der Waals surface area contributed by atoms with Gasteiger partial charge in [-0.05, 0) is 77.9 Å². The second-order valence-electron chi connectivity index (χ2n) is 18.8. The summed E-state index contributed by atoms with van der Waals surface area (Å²) in [4.78, 5) is 35.3. The van der Waals surface area contributed by atoms with Crippen LogP contribution in [0.4, 0.5) is 4.79 Å². The number of hydrogen-bond donors (Lipinski definition) is 1. The molecule has 0 unspecified atom stereocenters. The molecule has 3 aromatic rings. The van der Waals surface area contributed by atoms with E-state index in [0.29, 0.717) is 44.8 Å². The first-order valence-corrected chi connectivity index (χ1v) is 26.8. The summed E-state index contributed by atoms with van der Waals surface area (Å²) < 4.78 is 31.2. The van der Waals surface area contributed by atoms with E-state index in [1.54, 1.807) is 12.0 Å². The molecule has 2 heterocycles. The van der Waals surface area contributed by atoms with Gasteiger partial charge >= 0.3 is 12.0 Å². The van der Waals surface area contributed by atoms with Crippen LogP contribution >= 0.6 is 0 Å². The molecule has 2 amide bonds. The van der Waals surface area contributed by atoms with Crippen LogP contribution < -0.4 is 10.1 Å². The summed E-state index contributed by atoms with van der Waals surface area (Å²) in [5, 5.41) is 3.85. The van der Waals surface area contributed by atoms with Gasteiger partial charge in [0.25, 0.3) is 0 Å². The molecule has 13 heteroatoms. The van der Waals surface area contributed by atoms with Crippen LogP contribution in [0.25, 0.3) is 0 Å². The van der Waals surface area contributed by atoms with Crippen molar-refractivity contribution < 1.29 is 32.7 Å². The molecular weight excluding hydrogens is 777 g/mol. The zero-order valence-electron chi connectivity index (χ0n) is 37.5. The molecule has 0 aliphatic carbocycles. The molecule has 3 atom stereocenters. The van der Waals surface area contributed by atoms with Gasteiger partial charge in [0, 0.05) is 19.4 Å². The van der Waals surface area contributed by atoms with Crippen LogP contribution in [0.15, 0.2) is 89.9 Å². The second-order valence-corrected chi connectivity index (χ2v) is 28.4. The van der Waals surface area contributed by atoms with Gasteiger partial charge in [-0.1, -0.05) is 114 Å². The zero-order chi connectivity index (χ0) is 43.2. The number of aliphatic imine (C=N–C) groups is 1. The summed E-state index contributed by atoms with van der Waals surface area (Å²) >= 11 is 0. The van der Waals surface area contributed by atoms with E-state index >= 15 is 0 Å². The van der Waals surface area contributed by atoms with Crippen molar-refractivity contribution in [2.45, 2.75) is 127 Å². The third-order valence-electron chi connectivity index (χ3n) is 12.8. The van der Waals surface area contributed by atoms with E-state index < -0.39 is 34.4 Å². The third-order valence-corrected chi connectivity index (χ3v) is 21.8. The first-order chi connectivity index (χ1) is 27.7. The largest absolute Gasteiger partial charge is 0.497 e. The Bertz CT molecular complexity index is 1840. The molecule has 2 aliphatic rings. The highest BCUT2D eigenvalue weighted by molar-refractivity contribution is 6.74. The maximum absolute atomic E-state index is 14.5. The topological polar surface area (TPSA) is 111 Å². The Morgan fingerprint density at radius 1 is 0.814 bits per heavy atom. The predicted molar refractivity (Wildman–Crippen MR) is 240 cm³/mol. The van der Waals surface area contributed by atoms with Crippen LogP contribution in [-0.2, 0) is 28.7 Å². The summed E-state index contributed by atoms with van der Waals surface area (Å²) in [7, 11) is -1.29. The number of carbonyl (C=O) groups is 2. The van der Waals surface area contributed by atoms with Gasteiger partial charge in [0.05, 0.1) is 26.9 Å². The van der Waals surface area contributed by atoms with Gasteiger partial charge in [0.15, 0.2) is 16.6 Å². The fourth-order valence-electron chi connectivity index (χ4n) is 7.04. The van der Waals surface area contributed by atoms with E-state index in [1.807, 2.05) is 60.7 Å². The summed E-state index contributed by atoms with van der Waals surface area (Å²) in [6, 6.07) is 28.0. The molecule has 0 aromatic heterocycles. The lowest BCUT2D eigenvalue weighted by Crippen LogP contribution is -2.60. The molecule has 1 N–H and O–H groups in total. The van der Waals surface area contributed by atoms with Gasteiger partial charge < -0.3 is 33.3 Å². The summed E-state index contributed by atoms with van der Waals surface area (Å²) in [5.74, 6) is 0.909. The quantitative estimate of drug-likeness (QED) is 0.0653. The zero-order valence-corrected chi connectivity index (χ0v) is 39.5. The second kappa shape index (κ2) is 18.7. The molecule has 0 bridgehead atoms. The summed E-state index contributed by atoms with van der Waals surface area (Å²) in [6.07, 6.45) is 0.882. The van der Waals surface area contributed by atoms with Crippen LogP contribution in [0.1, 0.15) is 83.9 Å². The number of carbonyl (C=O) groups excluding carboxylic acids is 2. The number of nitrogens with one attached hydrogen (secondary N) is 1. The number of nitrogens with zero attached hydrogens (tertiary/aromatic N) is 3. The van der Waals surface area contributed by atoms with E-state index in [9.17, 15) is 9.59 Å². The highest BCUT2D eigenvalue weighted by Gasteiger charge is 2.49. The minimum absolute atomic E-state index is 0.0172. The molecule has 0 spiro atoms. The van der Waals surface area contributed by atoms with E-state index in [0.717, 1.165) is 22.4 Å². The summed E-state index contributed by atoms with van der Waals surface area (Å²) in [6.45, 7) is 23.5. The fraction of sp³-hybridized carbons (Fsp3) is 0.543. The molecular formula is C46H68N4O7Si2. The Hall–Kier alpha value is -4.02. The molecule has 0 radical (unpaired) electrons. The van der Waals surface area contributed by atoms with Crippen molar-refractivity contribution in [3.8, 4) is 5.75 Å². The van der Waals surface area contributed by atoms with Crippen LogP contribution in [0.3, 0.4) is 0 Å². The Labute approximate surface area is 355 Å². The van der Waals surface area contributed by atoms with Gasteiger partial charge in [-0.25, -0.2) is 4.79 Å². The van der Waals surface area contributed by atoms with Crippen molar-refractivity contribution in [2.75, 3.05) is 34.0 Å². The number of methoxy groups -OCH3 is 2. The monoisotopic (exact) mass is 844 g/mol. The number of hydrogen-bond acceptors (Lipinski definition) is 9. The van der Waals surface area contributed by atoms with Crippen molar-refractivity contribution in [3.05, 3.63) is 102 Å². The lowest BCUT2D eigenvalue weighted by Gasteiger charge is -2.43. The number of amides is 2. The Morgan fingerprint density at radius 2 is 1.37 bits per heavy atom. The number of ether oxygens (including phenoxy) is 3. The fourth-order valence-corrected chi connectivity index (χ4v) is 9.41. The van der Waals surface area contributed by atoms with E-state index in [2.05, 4.69) is 102 Å². The van der Waals surface area contributed by atoms with Gasteiger partial charge in [0.2, 0.25) is 5.96 Å². The molecule has 322 valence electrons. The number of urea groups is 1. The standard InChI is InChI=1S/C46H68N4O7Si2/c1-44(2,3)58(9,10)55-32-39-38(57-59(11,12)45(4,5)6)31-40(56-39)50-33-49(30-20-19-25-41(51)54-8)42(47-43(50)52)48-46(34-21-15-13-16-22-34,35-23-17-14-18-24-35)36-26-28-37(53-7)29-27-36/h13-18,21-24,26-29,38-40H,19-20,25,30-33H2,1-12H3,(H,47,48,52)/t38-,39+,40+/m0/s1. The molecule has 3 aromatic carbocycles. The highest BCUT2D eigenvalue weighted by Crippen LogP contribution is 2.42. The SMILES string of the molecule is COC(=O)CCCCN1CN([C@H]2C[C@H](O[Si](C)(C)C(C)(C)C)[C@@H](CO[Si](C)(C)C(C)(C)C)O2)C(=O)N=C1NC(c1ccccc1)(c1ccccc1)c1ccc(OC)cc1. The predicted octanol–water partition coefficient (Wildman–Crippen LogP) is 9.50. The molecule has 0 saturated carbocycles. The van der Waals surface area contributed by atoms with Gasteiger partial charge in [-0.3, -0.25) is 9.69 Å². The van der Waals surface area contributed by atoms with Gasteiger partial charge in [0.1, 0.15) is 30.3 Å². The number of benzene rings is 3. The highest BCUT2D eigenvalue weighted by atomic mass is 28.4. The number of guanidine groups is 1. The van der Waals surface area contributed by atoms with Crippen LogP contribution in [0.2, 0.25) is 36.3 Å². The van der Waals surface area contributed by atoms with Crippen molar-refractivity contribution in [3.63, 3.8) is 0 Å². The molecule has 1 saturated heterocycles. The van der Waals surface area contributed by atoms with Gasteiger partial charge in [-0.15, -0.1) is 0 Å². The Morgan fingerprint density at radius 3 is 1.90 bits per heavy atom. The molecule has 1 fully saturated rings. The normalized spacial score (nSPS) is 19.4. The van der Waals surface area contributed by atoms with Crippen LogP contribution in [-0.4, -0.2) is 96.9 Å². The Balaban J connectivity index is 1.55. The number of esters is 1. The molecule has 11 nitrogen and oxygen atoms in total. The van der Waals surface area contributed by atoms with Gasteiger partial charge in [-0.2, -0.15) is 4.99 Å². The molecule has 2 aliphatic heterocycles. The first kappa shape index (κ1) is 46.1. The maximum atomic E-state index is 14.5. The average Bonchev–Trinajstić information content (AvgIpc) is 3.59. The van der Waals surface area contributed by atoms with Crippen LogP contribution in [0.5, 0.6) is 5.75 Å². The summed E-state index contributed by atoms with van der Waals surface area (Å²) in [5.41, 5.74) is 1.91. The lowest BCUT2D eigenvalue weighted by atomic mass is 9.77. The van der Waals surface area contributed by atoms with Crippen LogP contribution in [0, 0.1) is 0 Å². The van der Waals surface area contributed by atoms with Crippen molar-refractivity contribution in [1.82, 2.24) is 15.1 Å².